The van der Waals surface area contributed by atoms with Crippen molar-refractivity contribution in [2.75, 3.05) is 29.9 Å². The van der Waals surface area contributed by atoms with E-state index in [0.717, 1.165) is 60.0 Å². The predicted molar refractivity (Wildman–Crippen MR) is 135 cm³/mol. The molecule has 0 saturated carbocycles. The van der Waals surface area contributed by atoms with Crippen LogP contribution < -0.4 is 15.5 Å². The number of imidazole rings is 1. The second kappa shape index (κ2) is 8.60. The lowest BCUT2D eigenvalue weighted by atomic mass is 10.1. The van der Waals surface area contributed by atoms with Crippen LogP contribution in [0.1, 0.15) is 12.1 Å². The topological polar surface area (TPSA) is 87.7 Å². The Balaban J connectivity index is 1.40. The lowest BCUT2D eigenvalue weighted by Crippen LogP contribution is -2.22. The van der Waals surface area contributed by atoms with Crippen molar-refractivity contribution in [1.82, 2.24) is 29.5 Å². The third-order valence-electron chi connectivity index (χ3n) is 5.96. The number of rotatable bonds is 5. The summed E-state index contributed by atoms with van der Waals surface area (Å²) in [4.78, 5) is 16.0. The Morgan fingerprint density at radius 3 is 2.74 bits per heavy atom. The van der Waals surface area contributed by atoms with Crippen molar-refractivity contribution in [1.29, 1.82) is 0 Å². The fourth-order valence-corrected chi connectivity index (χ4v) is 4.23. The highest BCUT2D eigenvalue weighted by Crippen LogP contribution is 2.29. The number of hydrogen-bond acceptors (Lipinski definition) is 7. The normalized spacial score (nSPS) is 15.7. The van der Waals surface area contributed by atoms with Crippen LogP contribution in [0.5, 0.6) is 0 Å². The second-order valence-electron chi connectivity index (χ2n) is 8.35. The van der Waals surface area contributed by atoms with E-state index in [4.69, 9.17) is 9.97 Å². The largest absolute Gasteiger partial charge is 0.337 e. The molecular formula is C25H25N9. The van der Waals surface area contributed by atoms with Crippen LogP contribution in [0, 0.1) is 0 Å². The summed E-state index contributed by atoms with van der Waals surface area (Å²) in [6, 6.07) is 8.21. The average molecular weight is 452 g/mol. The van der Waals surface area contributed by atoms with Crippen LogP contribution in [0.25, 0.3) is 22.5 Å². The number of benzene rings is 1. The van der Waals surface area contributed by atoms with E-state index in [1.165, 1.54) is 5.57 Å². The maximum Gasteiger partial charge on any atom is 0.180 e. The van der Waals surface area contributed by atoms with E-state index in [1.807, 2.05) is 61.3 Å². The SMILES string of the molecule is Cn1cc(-c2cnc3c(Nc4ccc(N5C=CCN=C5)cc4)nc(C4=CCCNC4)cn23)cn1. The van der Waals surface area contributed by atoms with Crippen molar-refractivity contribution in [3.8, 4) is 11.3 Å². The molecule has 6 rings (SSSR count). The zero-order chi connectivity index (χ0) is 22.9. The zero-order valence-corrected chi connectivity index (χ0v) is 18.9. The molecule has 3 aromatic heterocycles. The Kier molecular flexibility index (Phi) is 5.15. The third-order valence-corrected chi connectivity index (χ3v) is 5.96. The summed E-state index contributed by atoms with van der Waals surface area (Å²) in [5, 5.41) is 11.3. The Hall–Kier alpha value is -4.24. The highest BCUT2D eigenvalue weighted by atomic mass is 15.2. The van der Waals surface area contributed by atoms with Crippen molar-refractivity contribution in [2.24, 2.45) is 12.0 Å². The maximum atomic E-state index is 4.98. The molecule has 0 bridgehead atoms. The van der Waals surface area contributed by atoms with Gasteiger partial charge in [0.05, 0.1) is 36.7 Å². The predicted octanol–water partition coefficient (Wildman–Crippen LogP) is 3.61. The summed E-state index contributed by atoms with van der Waals surface area (Å²) in [5.41, 5.74) is 6.86. The van der Waals surface area contributed by atoms with Crippen molar-refractivity contribution in [3.05, 3.63) is 73.1 Å². The molecule has 0 aliphatic carbocycles. The molecule has 5 heterocycles. The fraction of sp³-hybridized carbons (Fsp3) is 0.200. The van der Waals surface area contributed by atoms with Gasteiger partial charge in [0.2, 0.25) is 0 Å². The standard InChI is InChI=1S/C25H25N9/c1-32-15-19(13-29-32)23-14-28-25-24(31-22(16-34(23)25)18-4-2-9-26-12-18)30-20-5-7-21(8-6-20)33-11-3-10-27-17-33/h3-8,11,13-17,26H,2,9-10,12H2,1H3,(H,30,31). The summed E-state index contributed by atoms with van der Waals surface area (Å²) in [6.45, 7) is 2.52. The number of anilines is 3. The number of nitrogens with one attached hydrogen (secondary N) is 2. The van der Waals surface area contributed by atoms with Crippen LogP contribution in [0.3, 0.4) is 0 Å². The van der Waals surface area contributed by atoms with Crippen LogP contribution >= 0.6 is 0 Å². The summed E-state index contributed by atoms with van der Waals surface area (Å²) in [5.74, 6) is 0.714. The van der Waals surface area contributed by atoms with Crippen molar-refractivity contribution in [2.45, 2.75) is 6.42 Å². The first kappa shape index (κ1) is 20.4. The Bertz CT molecular complexity index is 1410. The van der Waals surface area contributed by atoms with Crippen molar-refractivity contribution < 1.29 is 0 Å². The van der Waals surface area contributed by atoms with Crippen LogP contribution in [-0.2, 0) is 7.05 Å². The molecule has 0 radical (unpaired) electrons. The second-order valence-corrected chi connectivity index (χ2v) is 8.35. The first-order chi connectivity index (χ1) is 16.7. The molecule has 0 fully saturated rings. The monoisotopic (exact) mass is 451 g/mol. The highest BCUT2D eigenvalue weighted by Gasteiger charge is 2.17. The molecule has 2 aliphatic rings. The molecule has 170 valence electrons. The van der Waals surface area contributed by atoms with Gasteiger partial charge in [-0.2, -0.15) is 5.10 Å². The van der Waals surface area contributed by atoms with Gasteiger partial charge in [0.1, 0.15) is 0 Å². The molecule has 0 saturated heterocycles. The molecule has 2 aliphatic heterocycles. The average Bonchev–Trinajstić information content (AvgIpc) is 3.51. The third kappa shape index (κ3) is 3.86. The van der Waals surface area contributed by atoms with Gasteiger partial charge in [0.25, 0.3) is 0 Å². The number of hydrogen-bond donors (Lipinski definition) is 2. The molecular weight excluding hydrogens is 426 g/mol. The van der Waals surface area contributed by atoms with Crippen molar-refractivity contribution >= 4 is 34.8 Å². The first-order valence-corrected chi connectivity index (χ1v) is 11.3. The summed E-state index contributed by atoms with van der Waals surface area (Å²) in [6.07, 6.45) is 17.0. The van der Waals surface area contributed by atoms with Gasteiger partial charge in [-0.3, -0.25) is 14.1 Å². The highest BCUT2D eigenvalue weighted by molar-refractivity contribution is 5.83. The number of nitrogens with zero attached hydrogens (tertiary/aromatic N) is 7. The van der Waals surface area contributed by atoms with Gasteiger partial charge >= 0.3 is 0 Å². The summed E-state index contributed by atoms with van der Waals surface area (Å²) < 4.78 is 3.90. The minimum absolute atomic E-state index is 0.714. The molecule has 1 aromatic carbocycles. The van der Waals surface area contributed by atoms with E-state index >= 15 is 0 Å². The Morgan fingerprint density at radius 2 is 2.00 bits per heavy atom. The molecule has 9 heteroatoms. The van der Waals surface area contributed by atoms with Crippen LogP contribution in [0.4, 0.5) is 17.2 Å². The molecule has 4 aromatic rings. The minimum Gasteiger partial charge on any atom is -0.337 e. The van der Waals surface area contributed by atoms with Gasteiger partial charge in [0, 0.05) is 49.1 Å². The van der Waals surface area contributed by atoms with Gasteiger partial charge in [-0.05, 0) is 48.9 Å². The van der Waals surface area contributed by atoms with Crippen LogP contribution in [-0.4, -0.2) is 50.1 Å². The lowest BCUT2D eigenvalue weighted by molar-refractivity contribution is 0.737. The van der Waals surface area contributed by atoms with E-state index < -0.39 is 0 Å². The van der Waals surface area contributed by atoms with E-state index in [9.17, 15) is 0 Å². The number of fused-ring (bicyclic) bond motifs is 1. The van der Waals surface area contributed by atoms with Crippen LogP contribution in [0.2, 0.25) is 0 Å². The molecule has 9 nitrogen and oxygen atoms in total. The molecule has 0 unspecified atom stereocenters. The first-order valence-electron chi connectivity index (χ1n) is 11.3. The fourth-order valence-electron chi connectivity index (χ4n) is 4.23. The minimum atomic E-state index is 0.714. The Labute approximate surface area is 197 Å². The quantitative estimate of drug-likeness (QED) is 0.482. The number of aromatic nitrogens is 5. The Morgan fingerprint density at radius 1 is 1.09 bits per heavy atom. The summed E-state index contributed by atoms with van der Waals surface area (Å²) >= 11 is 0. The smallest absolute Gasteiger partial charge is 0.180 e. The van der Waals surface area contributed by atoms with E-state index in [2.05, 4.69) is 49.5 Å². The molecule has 0 amide bonds. The van der Waals surface area contributed by atoms with Gasteiger partial charge in [-0.15, -0.1) is 0 Å². The summed E-state index contributed by atoms with van der Waals surface area (Å²) in [7, 11) is 1.92. The van der Waals surface area contributed by atoms with Gasteiger partial charge in [-0.1, -0.05) is 6.08 Å². The van der Waals surface area contributed by atoms with Crippen molar-refractivity contribution in [3.63, 3.8) is 0 Å². The molecule has 34 heavy (non-hydrogen) atoms. The van der Waals surface area contributed by atoms with Gasteiger partial charge < -0.3 is 15.5 Å². The molecule has 2 N–H and O–H groups in total. The van der Waals surface area contributed by atoms with E-state index in [0.29, 0.717) is 5.82 Å². The van der Waals surface area contributed by atoms with Gasteiger partial charge in [0.15, 0.2) is 11.5 Å². The van der Waals surface area contributed by atoms with E-state index in [1.54, 1.807) is 4.68 Å². The molecule has 0 spiro atoms. The van der Waals surface area contributed by atoms with Crippen LogP contribution in [0.15, 0.2) is 72.4 Å². The lowest BCUT2D eigenvalue weighted by Gasteiger charge is -2.18. The zero-order valence-electron chi connectivity index (χ0n) is 18.9. The number of aryl methyl sites for hydroxylation is 1. The number of aliphatic imine (C=N–C) groups is 1. The maximum absolute atomic E-state index is 4.98. The molecule has 0 atom stereocenters. The van der Waals surface area contributed by atoms with Gasteiger partial charge in [-0.25, -0.2) is 9.97 Å². The van der Waals surface area contributed by atoms with E-state index in [-0.39, 0.29) is 0 Å².